The van der Waals surface area contributed by atoms with Crippen molar-refractivity contribution in [1.29, 1.82) is 0 Å². The molecule has 1 aromatic rings. The number of carbonyl (C=O) groups excluding carboxylic acids is 2. The number of fused-ring (bicyclic) bond motifs is 1. The summed E-state index contributed by atoms with van der Waals surface area (Å²) in [5, 5.41) is 2.94. The first-order valence-corrected chi connectivity index (χ1v) is 8.49. The number of amides is 2. The van der Waals surface area contributed by atoms with Gasteiger partial charge in [0.2, 0.25) is 5.91 Å². The largest absolute Gasteiger partial charge is 0.481 e. The summed E-state index contributed by atoms with van der Waals surface area (Å²) in [7, 11) is 3.95. The Kier molecular flexibility index (Phi) is 6.20. The van der Waals surface area contributed by atoms with Crippen molar-refractivity contribution in [3.05, 3.63) is 18.2 Å². The SMILES string of the molecule is CCC(CC)C(=O)Nc1ccc2c(c1)OCC(=O)N2CCN(C)C. The topological polar surface area (TPSA) is 61.9 Å². The van der Waals surface area contributed by atoms with Crippen LogP contribution in [0, 0.1) is 5.92 Å². The highest BCUT2D eigenvalue weighted by atomic mass is 16.5. The fourth-order valence-electron chi connectivity index (χ4n) is 2.73. The first-order chi connectivity index (χ1) is 11.5. The van der Waals surface area contributed by atoms with Crippen LogP contribution in [-0.4, -0.2) is 50.5 Å². The molecule has 0 saturated heterocycles. The van der Waals surface area contributed by atoms with Crippen LogP contribution in [0.3, 0.4) is 0 Å². The van der Waals surface area contributed by atoms with Gasteiger partial charge in [-0.05, 0) is 39.1 Å². The quantitative estimate of drug-likeness (QED) is 0.832. The van der Waals surface area contributed by atoms with Crippen molar-refractivity contribution in [2.24, 2.45) is 5.92 Å². The third-order valence-electron chi connectivity index (χ3n) is 4.30. The Balaban J connectivity index is 2.15. The zero-order valence-corrected chi connectivity index (χ0v) is 15.0. The summed E-state index contributed by atoms with van der Waals surface area (Å²) in [6.45, 7) is 5.44. The molecule has 6 nitrogen and oxygen atoms in total. The molecule has 0 bridgehead atoms. The van der Waals surface area contributed by atoms with E-state index in [-0.39, 0.29) is 24.3 Å². The third-order valence-corrected chi connectivity index (χ3v) is 4.30. The number of hydrogen-bond donors (Lipinski definition) is 1. The van der Waals surface area contributed by atoms with Crippen LogP contribution in [0.2, 0.25) is 0 Å². The van der Waals surface area contributed by atoms with Crippen LogP contribution < -0.4 is 15.0 Å². The van der Waals surface area contributed by atoms with Crippen LogP contribution in [0.5, 0.6) is 5.75 Å². The Hall–Kier alpha value is -2.08. The van der Waals surface area contributed by atoms with E-state index < -0.39 is 0 Å². The molecule has 0 atom stereocenters. The van der Waals surface area contributed by atoms with Gasteiger partial charge in [-0.25, -0.2) is 0 Å². The molecule has 1 heterocycles. The first kappa shape index (κ1) is 18.3. The van der Waals surface area contributed by atoms with E-state index in [1.54, 1.807) is 11.0 Å². The van der Waals surface area contributed by atoms with Gasteiger partial charge in [-0.2, -0.15) is 0 Å². The maximum absolute atomic E-state index is 12.2. The highest BCUT2D eigenvalue weighted by Gasteiger charge is 2.26. The summed E-state index contributed by atoms with van der Waals surface area (Å²) in [6, 6.07) is 5.46. The molecule has 6 heteroatoms. The molecule has 0 aromatic heterocycles. The minimum Gasteiger partial charge on any atom is -0.481 e. The number of nitrogens with one attached hydrogen (secondary N) is 1. The first-order valence-electron chi connectivity index (χ1n) is 8.49. The molecule has 1 aliphatic heterocycles. The van der Waals surface area contributed by atoms with Crippen molar-refractivity contribution in [2.45, 2.75) is 26.7 Å². The molecule has 0 radical (unpaired) electrons. The molecule has 24 heavy (non-hydrogen) atoms. The Morgan fingerprint density at radius 3 is 2.67 bits per heavy atom. The normalized spacial score (nSPS) is 13.9. The number of likely N-dealkylation sites (N-methyl/N-ethyl adjacent to an activating group) is 1. The van der Waals surface area contributed by atoms with Crippen molar-refractivity contribution >= 4 is 23.2 Å². The highest BCUT2D eigenvalue weighted by molar-refractivity contribution is 5.99. The maximum atomic E-state index is 12.2. The van der Waals surface area contributed by atoms with Crippen molar-refractivity contribution in [3.63, 3.8) is 0 Å². The minimum absolute atomic E-state index is 0.0140. The van der Waals surface area contributed by atoms with E-state index in [1.807, 2.05) is 45.0 Å². The number of rotatable bonds is 7. The maximum Gasteiger partial charge on any atom is 0.265 e. The molecule has 0 unspecified atom stereocenters. The van der Waals surface area contributed by atoms with Gasteiger partial charge in [-0.3, -0.25) is 9.59 Å². The summed E-state index contributed by atoms with van der Waals surface area (Å²) in [4.78, 5) is 28.1. The van der Waals surface area contributed by atoms with Crippen molar-refractivity contribution in [2.75, 3.05) is 44.0 Å². The zero-order chi connectivity index (χ0) is 17.7. The lowest BCUT2D eigenvalue weighted by Crippen LogP contribution is -2.42. The van der Waals surface area contributed by atoms with Crippen molar-refractivity contribution < 1.29 is 14.3 Å². The van der Waals surface area contributed by atoms with E-state index in [0.29, 0.717) is 18.0 Å². The van der Waals surface area contributed by atoms with E-state index in [1.165, 1.54) is 0 Å². The molecule has 1 N–H and O–H groups in total. The zero-order valence-electron chi connectivity index (χ0n) is 15.0. The predicted octanol–water partition coefficient (Wildman–Crippen LogP) is 2.35. The van der Waals surface area contributed by atoms with Gasteiger partial charge in [0, 0.05) is 30.8 Å². The molecule has 0 spiro atoms. The van der Waals surface area contributed by atoms with Gasteiger partial charge in [0.25, 0.3) is 5.91 Å². The van der Waals surface area contributed by atoms with E-state index >= 15 is 0 Å². The number of ether oxygens (including phenoxy) is 1. The molecule has 2 rings (SSSR count). The second kappa shape index (κ2) is 8.15. The second-order valence-corrected chi connectivity index (χ2v) is 6.32. The number of anilines is 2. The number of benzene rings is 1. The van der Waals surface area contributed by atoms with E-state index in [4.69, 9.17) is 4.74 Å². The molecule has 0 fully saturated rings. The van der Waals surface area contributed by atoms with Gasteiger partial charge in [-0.15, -0.1) is 0 Å². The molecule has 132 valence electrons. The lowest BCUT2D eigenvalue weighted by Gasteiger charge is -2.30. The number of hydrogen-bond acceptors (Lipinski definition) is 4. The molecular weight excluding hydrogens is 306 g/mol. The van der Waals surface area contributed by atoms with Crippen LogP contribution >= 0.6 is 0 Å². The fraction of sp³-hybridized carbons (Fsp3) is 0.556. The second-order valence-electron chi connectivity index (χ2n) is 6.32. The van der Waals surface area contributed by atoms with Gasteiger partial charge >= 0.3 is 0 Å². The fourth-order valence-corrected chi connectivity index (χ4v) is 2.73. The molecular formula is C18H27N3O3. The average Bonchev–Trinajstić information content (AvgIpc) is 2.55. The van der Waals surface area contributed by atoms with Crippen molar-refractivity contribution in [3.8, 4) is 5.75 Å². The summed E-state index contributed by atoms with van der Waals surface area (Å²) in [6.07, 6.45) is 1.63. The van der Waals surface area contributed by atoms with Gasteiger partial charge in [0.05, 0.1) is 5.69 Å². The van der Waals surface area contributed by atoms with E-state index in [0.717, 1.165) is 25.1 Å². The van der Waals surface area contributed by atoms with Crippen LogP contribution in [0.1, 0.15) is 26.7 Å². The van der Waals surface area contributed by atoms with E-state index in [9.17, 15) is 9.59 Å². The number of carbonyl (C=O) groups is 2. The lowest BCUT2D eigenvalue weighted by atomic mass is 10.0. The number of nitrogens with zero attached hydrogens (tertiary/aromatic N) is 2. The van der Waals surface area contributed by atoms with Crippen LogP contribution in [0.15, 0.2) is 18.2 Å². The molecule has 2 amide bonds. The molecule has 1 aromatic carbocycles. The van der Waals surface area contributed by atoms with Crippen LogP contribution in [-0.2, 0) is 9.59 Å². The Morgan fingerprint density at radius 1 is 1.33 bits per heavy atom. The third kappa shape index (κ3) is 4.26. The monoisotopic (exact) mass is 333 g/mol. The summed E-state index contributed by atoms with van der Waals surface area (Å²) in [5.74, 6) is 0.630. The van der Waals surface area contributed by atoms with E-state index in [2.05, 4.69) is 5.32 Å². The van der Waals surface area contributed by atoms with Crippen LogP contribution in [0.4, 0.5) is 11.4 Å². The Morgan fingerprint density at radius 2 is 2.04 bits per heavy atom. The molecule has 0 aliphatic carbocycles. The van der Waals surface area contributed by atoms with Crippen LogP contribution in [0.25, 0.3) is 0 Å². The molecule has 0 saturated carbocycles. The summed E-state index contributed by atoms with van der Waals surface area (Å²) >= 11 is 0. The smallest absolute Gasteiger partial charge is 0.265 e. The predicted molar refractivity (Wildman–Crippen MR) is 95.5 cm³/mol. The van der Waals surface area contributed by atoms with Gasteiger partial charge in [0.15, 0.2) is 6.61 Å². The minimum atomic E-state index is -0.0434. The van der Waals surface area contributed by atoms with Gasteiger partial charge < -0.3 is 19.9 Å². The van der Waals surface area contributed by atoms with Gasteiger partial charge in [0.1, 0.15) is 5.75 Å². The Labute approximate surface area is 143 Å². The molecule has 1 aliphatic rings. The average molecular weight is 333 g/mol. The standard InChI is InChI=1S/C18H27N3O3/c1-5-13(6-2)18(23)19-14-7-8-15-16(11-14)24-12-17(22)21(15)10-9-20(3)4/h7-8,11,13H,5-6,9-10,12H2,1-4H3,(H,19,23). The Bertz CT molecular complexity index is 597. The summed E-state index contributed by atoms with van der Waals surface area (Å²) in [5.41, 5.74) is 1.46. The van der Waals surface area contributed by atoms with Crippen molar-refractivity contribution in [1.82, 2.24) is 4.90 Å². The van der Waals surface area contributed by atoms with Gasteiger partial charge in [-0.1, -0.05) is 13.8 Å². The lowest BCUT2D eigenvalue weighted by molar-refractivity contribution is -0.121. The summed E-state index contributed by atoms with van der Waals surface area (Å²) < 4.78 is 5.55. The highest BCUT2D eigenvalue weighted by Crippen LogP contribution is 2.34.